The first kappa shape index (κ1) is 17.6. The van der Waals surface area contributed by atoms with Crippen LogP contribution < -0.4 is 4.74 Å². The minimum atomic E-state index is -4.61. The molecule has 0 bridgehead atoms. The lowest BCUT2D eigenvalue weighted by Crippen LogP contribution is -2.45. The van der Waals surface area contributed by atoms with Crippen LogP contribution in [0.1, 0.15) is 39.1 Å². The lowest BCUT2D eigenvalue weighted by atomic mass is 9.89. The molecule has 0 N–H and O–H groups in total. The number of ether oxygens (including phenoxy) is 1. The SMILES string of the molecule is O=C1CC2(CCN(C(=O)c3ccccc3C(F)(F)F)C2)Oc2ccccc21. The van der Waals surface area contributed by atoms with E-state index in [9.17, 15) is 22.8 Å². The van der Waals surface area contributed by atoms with Crippen LogP contribution in [-0.4, -0.2) is 35.3 Å². The topological polar surface area (TPSA) is 46.6 Å². The van der Waals surface area contributed by atoms with Crippen molar-refractivity contribution in [3.63, 3.8) is 0 Å². The Kier molecular flexibility index (Phi) is 3.98. The number of nitrogens with zero attached hydrogens (tertiary/aromatic N) is 1. The number of carbonyl (C=O) groups is 2. The van der Waals surface area contributed by atoms with Gasteiger partial charge in [0, 0.05) is 13.0 Å². The smallest absolute Gasteiger partial charge is 0.417 e. The molecular weight excluding hydrogens is 359 g/mol. The largest absolute Gasteiger partial charge is 0.484 e. The highest BCUT2D eigenvalue weighted by Crippen LogP contribution is 2.39. The van der Waals surface area contributed by atoms with E-state index in [2.05, 4.69) is 0 Å². The van der Waals surface area contributed by atoms with Crippen LogP contribution in [0, 0.1) is 0 Å². The van der Waals surface area contributed by atoms with Crippen LogP contribution in [0.25, 0.3) is 0 Å². The van der Waals surface area contributed by atoms with E-state index in [0.29, 0.717) is 17.7 Å². The van der Waals surface area contributed by atoms with Gasteiger partial charge in [-0.1, -0.05) is 24.3 Å². The van der Waals surface area contributed by atoms with Crippen LogP contribution in [0.2, 0.25) is 0 Å². The van der Waals surface area contributed by atoms with Gasteiger partial charge in [-0.15, -0.1) is 0 Å². The van der Waals surface area contributed by atoms with Crippen LogP contribution in [0.15, 0.2) is 48.5 Å². The van der Waals surface area contributed by atoms with Gasteiger partial charge in [0.2, 0.25) is 0 Å². The zero-order chi connectivity index (χ0) is 19.2. The molecule has 7 heteroatoms. The van der Waals surface area contributed by atoms with Crippen molar-refractivity contribution < 1.29 is 27.5 Å². The zero-order valence-corrected chi connectivity index (χ0v) is 14.3. The second-order valence-electron chi connectivity index (χ2n) is 6.90. The van der Waals surface area contributed by atoms with E-state index in [1.165, 1.54) is 23.1 Å². The minimum absolute atomic E-state index is 0.0814. The molecule has 2 aromatic rings. The van der Waals surface area contributed by atoms with E-state index in [1.807, 2.05) is 0 Å². The summed E-state index contributed by atoms with van der Waals surface area (Å²) in [4.78, 5) is 26.5. The Hall–Kier alpha value is -2.83. The van der Waals surface area contributed by atoms with Gasteiger partial charge < -0.3 is 9.64 Å². The van der Waals surface area contributed by atoms with Crippen LogP contribution in [0.4, 0.5) is 13.2 Å². The predicted octanol–water partition coefficient (Wildman–Crippen LogP) is 3.96. The number of Topliss-reactive ketones (excluding diaryl/α,β-unsaturated/α-hetero) is 1. The summed E-state index contributed by atoms with van der Waals surface area (Å²) in [5.41, 5.74) is -1.73. The van der Waals surface area contributed by atoms with Gasteiger partial charge in [0.25, 0.3) is 5.91 Å². The van der Waals surface area contributed by atoms with Gasteiger partial charge in [0.15, 0.2) is 5.78 Å². The molecule has 2 aliphatic rings. The molecular formula is C20H16F3NO3. The molecule has 0 aromatic heterocycles. The molecule has 27 heavy (non-hydrogen) atoms. The number of hydrogen-bond donors (Lipinski definition) is 0. The third-order valence-electron chi connectivity index (χ3n) is 5.06. The number of rotatable bonds is 1. The normalized spacial score (nSPS) is 21.9. The number of amides is 1. The Bertz CT molecular complexity index is 925. The molecule has 0 radical (unpaired) electrons. The standard InChI is InChI=1S/C20H16F3NO3/c21-20(22,23)15-7-3-1-5-13(15)18(26)24-10-9-19(12-24)11-16(25)14-6-2-4-8-17(14)27-19/h1-8H,9-12H2. The van der Waals surface area contributed by atoms with E-state index in [0.717, 1.165) is 6.07 Å². The maximum Gasteiger partial charge on any atom is 0.417 e. The number of alkyl halides is 3. The molecule has 1 amide bonds. The van der Waals surface area contributed by atoms with Gasteiger partial charge in [-0.3, -0.25) is 9.59 Å². The number of halogens is 3. The van der Waals surface area contributed by atoms with Crippen molar-refractivity contribution in [3.8, 4) is 5.75 Å². The van der Waals surface area contributed by atoms with Crippen molar-refractivity contribution in [2.75, 3.05) is 13.1 Å². The fourth-order valence-corrected chi connectivity index (χ4v) is 3.78. The predicted molar refractivity (Wildman–Crippen MR) is 90.7 cm³/mol. The number of carbonyl (C=O) groups excluding carboxylic acids is 2. The van der Waals surface area contributed by atoms with Crippen molar-refractivity contribution in [2.24, 2.45) is 0 Å². The van der Waals surface area contributed by atoms with Gasteiger partial charge >= 0.3 is 6.18 Å². The highest BCUT2D eigenvalue weighted by atomic mass is 19.4. The van der Waals surface area contributed by atoms with Crippen molar-refractivity contribution in [1.29, 1.82) is 0 Å². The number of benzene rings is 2. The summed E-state index contributed by atoms with van der Waals surface area (Å²) in [5, 5.41) is 0. The molecule has 2 aliphatic heterocycles. The van der Waals surface area contributed by atoms with Crippen LogP contribution in [0.5, 0.6) is 5.75 Å². The van der Waals surface area contributed by atoms with Gasteiger partial charge in [-0.2, -0.15) is 13.2 Å². The fraction of sp³-hybridized carbons (Fsp3) is 0.300. The Labute approximate surface area is 153 Å². The number of para-hydroxylation sites is 1. The van der Waals surface area contributed by atoms with E-state index >= 15 is 0 Å². The summed E-state index contributed by atoms with van der Waals surface area (Å²) in [5.74, 6) is -0.324. The van der Waals surface area contributed by atoms with Gasteiger partial charge in [-0.05, 0) is 24.3 Å². The van der Waals surface area contributed by atoms with Gasteiger partial charge in [0.1, 0.15) is 11.4 Å². The summed E-state index contributed by atoms with van der Waals surface area (Å²) in [6.07, 6.45) is -4.11. The number of ketones is 1. The van der Waals surface area contributed by atoms with Crippen molar-refractivity contribution in [2.45, 2.75) is 24.6 Å². The molecule has 1 unspecified atom stereocenters. The maximum absolute atomic E-state index is 13.2. The summed E-state index contributed by atoms with van der Waals surface area (Å²) in [7, 11) is 0. The average Bonchev–Trinajstić information content (AvgIpc) is 3.03. The summed E-state index contributed by atoms with van der Waals surface area (Å²) in [6.45, 7) is 0.318. The average molecular weight is 375 g/mol. The number of likely N-dealkylation sites (tertiary alicyclic amines) is 1. The lowest BCUT2D eigenvalue weighted by Gasteiger charge is -2.34. The second kappa shape index (κ2) is 6.11. The maximum atomic E-state index is 13.2. The quantitative estimate of drug-likeness (QED) is 0.758. The number of fused-ring (bicyclic) bond motifs is 1. The van der Waals surface area contributed by atoms with Crippen molar-refractivity contribution in [3.05, 3.63) is 65.2 Å². The van der Waals surface area contributed by atoms with E-state index in [4.69, 9.17) is 4.74 Å². The highest BCUT2D eigenvalue weighted by Gasteiger charge is 2.47. The Morgan fingerprint density at radius 1 is 1.07 bits per heavy atom. The van der Waals surface area contributed by atoms with E-state index < -0.39 is 23.2 Å². The first-order chi connectivity index (χ1) is 12.8. The van der Waals surface area contributed by atoms with Gasteiger partial charge in [0.05, 0.1) is 29.7 Å². The molecule has 1 atom stereocenters. The molecule has 1 fully saturated rings. The molecule has 1 saturated heterocycles. The van der Waals surface area contributed by atoms with E-state index in [-0.39, 0.29) is 30.9 Å². The molecule has 2 heterocycles. The summed E-state index contributed by atoms with van der Waals surface area (Å²) in [6, 6.07) is 11.6. The van der Waals surface area contributed by atoms with Crippen LogP contribution >= 0.6 is 0 Å². The van der Waals surface area contributed by atoms with Crippen LogP contribution in [0.3, 0.4) is 0 Å². The second-order valence-corrected chi connectivity index (χ2v) is 6.90. The third kappa shape index (κ3) is 3.07. The van der Waals surface area contributed by atoms with Crippen LogP contribution in [-0.2, 0) is 6.18 Å². The summed E-state index contributed by atoms with van der Waals surface area (Å²) < 4.78 is 45.7. The van der Waals surface area contributed by atoms with Crippen molar-refractivity contribution >= 4 is 11.7 Å². The van der Waals surface area contributed by atoms with E-state index in [1.54, 1.807) is 24.3 Å². The summed E-state index contributed by atoms with van der Waals surface area (Å²) >= 11 is 0. The molecule has 0 aliphatic carbocycles. The molecule has 1 spiro atoms. The van der Waals surface area contributed by atoms with Gasteiger partial charge in [-0.25, -0.2) is 0 Å². The Morgan fingerprint density at radius 3 is 2.56 bits per heavy atom. The molecule has 140 valence electrons. The first-order valence-electron chi connectivity index (χ1n) is 8.56. The molecule has 0 saturated carbocycles. The third-order valence-corrected chi connectivity index (χ3v) is 5.06. The number of hydrogen-bond acceptors (Lipinski definition) is 3. The molecule has 2 aromatic carbocycles. The molecule has 4 rings (SSSR count). The molecule has 4 nitrogen and oxygen atoms in total. The monoisotopic (exact) mass is 375 g/mol. The first-order valence-corrected chi connectivity index (χ1v) is 8.56. The minimum Gasteiger partial charge on any atom is -0.484 e. The fourth-order valence-electron chi connectivity index (χ4n) is 3.78. The Morgan fingerprint density at radius 2 is 1.78 bits per heavy atom. The lowest BCUT2D eigenvalue weighted by molar-refractivity contribution is -0.138. The highest BCUT2D eigenvalue weighted by molar-refractivity contribution is 6.01. The Balaban J connectivity index is 1.60. The zero-order valence-electron chi connectivity index (χ0n) is 14.3. The van der Waals surface area contributed by atoms with Crippen molar-refractivity contribution in [1.82, 2.24) is 4.90 Å².